The third-order valence-electron chi connectivity index (χ3n) is 6.63. The molecule has 0 bridgehead atoms. The van der Waals surface area contributed by atoms with Crippen molar-refractivity contribution >= 4 is 23.9 Å². The van der Waals surface area contributed by atoms with E-state index >= 15 is 0 Å². The van der Waals surface area contributed by atoms with Crippen LogP contribution in [0.15, 0.2) is 23.3 Å². The summed E-state index contributed by atoms with van der Waals surface area (Å²) in [6, 6.07) is 0. The fraction of sp³-hybridized carbons (Fsp3) is 0.724. The number of esters is 2. The number of ether oxygens (including phenoxy) is 2. The fourth-order valence-corrected chi connectivity index (χ4v) is 4.84. The summed E-state index contributed by atoms with van der Waals surface area (Å²) < 4.78 is 9.93. The minimum absolute atomic E-state index is 0.0702. The summed E-state index contributed by atoms with van der Waals surface area (Å²) in [5.74, 6) is -3.69. The Hall–Kier alpha value is -2.64. The zero-order valence-corrected chi connectivity index (χ0v) is 23.9. The van der Waals surface area contributed by atoms with Gasteiger partial charge in [0.1, 0.15) is 0 Å². The standard InChI is InChI=1S/C29H48O8/c1-9-18(2)10-19(3)11-20(4)12-21(5)13-22(6)14-25(28(32)33)15-27(29(34)35)26(16-36-23(7)30)17-37-24(8)31/h13-14,18-21,26-27H,9-12,15-17H2,1-8H3,(H,32,33)(H,34,35). The van der Waals surface area contributed by atoms with Crippen LogP contribution in [-0.4, -0.2) is 47.3 Å². The number of aliphatic carboxylic acids is 2. The van der Waals surface area contributed by atoms with Crippen molar-refractivity contribution in [3.63, 3.8) is 0 Å². The summed E-state index contributed by atoms with van der Waals surface area (Å²) in [5, 5.41) is 19.6. The highest BCUT2D eigenvalue weighted by atomic mass is 16.5. The van der Waals surface area contributed by atoms with Crippen LogP contribution < -0.4 is 0 Å². The summed E-state index contributed by atoms with van der Waals surface area (Å²) in [6.07, 6.45) is 7.74. The highest BCUT2D eigenvalue weighted by molar-refractivity contribution is 5.88. The van der Waals surface area contributed by atoms with Gasteiger partial charge in [0.25, 0.3) is 0 Å². The molecule has 0 saturated carbocycles. The molecular weight excluding hydrogens is 476 g/mol. The van der Waals surface area contributed by atoms with Crippen molar-refractivity contribution in [2.24, 2.45) is 35.5 Å². The Morgan fingerprint density at radius 1 is 0.784 bits per heavy atom. The minimum atomic E-state index is -1.26. The smallest absolute Gasteiger partial charge is 0.331 e. The van der Waals surface area contributed by atoms with Crippen LogP contribution in [0.4, 0.5) is 0 Å². The lowest BCUT2D eigenvalue weighted by Crippen LogP contribution is -2.33. The van der Waals surface area contributed by atoms with Crippen molar-refractivity contribution in [1.29, 1.82) is 0 Å². The number of hydrogen-bond donors (Lipinski definition) is 2. The first kappa shape index (κ1) is 34.4. The fourth-order valence-electron chi connectivity index (χ4n) is 4.84. The van der Waals surface area contributed by atoms with Gasteiger partial charge < -0.3 is 19.7 Å². The number of rotatable bonds is 18. The molecule has 0 heterocycles. The van der Waals surface area contributed by atoms with Gasteiger partial charge >= 0.3 is 23.9 Å². The Labute approximate surface area is 222 Å². The third-order valence-corrected chi connectivity index (χ3v) is 6.63. The topological polar surface area (TPSA) is 127 Å². The number of hydrogen-bond acceptors (Lipinski definition) is 6. The Kier molecular flexibility index (Phi) is 16.5. The van der Waals surface area contributed by atoms with Gasteiger partial charge in [-0.3, -0.25) is 14.4 Å². The van der Waals surface area contributed by atoms with E-state index in [-0.39, 0.29) is 31.1 Å². The van der Waals surface area contributed by atoms with E-state index in [1.54, 1.807) is 6.92 Å². The van der Waals surface area contributed by atoms with E-state index in [0.29, 0.717) is 11.8 Å². The van der Waals surface area contributed by atoms with E-state index < -0.39 is 35.7 Å². The molecule has 0 aromatic heterocycles. The van der Waals surface area contributed by atoms with Gasteiger partial charge in [0.2, 0.25) is 0 Å². The second-order valence-electron chi connectivity index (χ2n) is 10.8. The molecule has 0 amide bonds. The van der Waals surface area contributed by atoms with Crippen LogP contribution in [-0.2, 0) is 28.7 Å². The van der Waals surface area contributed by atoms with Crippen LogP contribution in [0.3, 0.4) is 0 Å². The Balaban J connectivity index is 5.54. The van der Waals surface area contributed by atoms with E-state index in [1.807, 2.05) is 6.08 Å². The molecule has 5 unspecified atom stereocenters. The van der Waals surface area contributed by atoms with Gasteiger partial charge in [-0.15, -0.1) is 0 Å². The molecule has 0 aliphatic heterocycles. The Bertz CT molecular complexity index is 795. The molecule has 0 radical (unpaired) electrons. The van der Waals surface area contributed by atoms with E-state index in [1.165, 1.54) is 32.8 Å². The molecule has 0 saturated heterocycles. The van der Waals surface area contributed by atoms with Gasteiger partial charge in [-0.2, -0.15) is 0 Å². The van der Waals surface area contributed by atoms with Crippen LogP contribution in [0.1, 0.15) is 87.5 Å². The van der Waals surface area contributed by atoms with Gasteiger partial charge in [-0.25, -0.2) is 4.79 Å². The molecular formula is C29H48O8. The van der Waals surface area contributed by atoms with Crippen molar-refractivity contribution in [2.75, 3.05) is 13.2 Å². The number of carboxylic acid groups (broad SMARTS) is 2. The van der Waals surface area contributed by atoms with Crippen molar-refractivity contribution in [3.05, 3.63) is 23.3 Å². The lowest BCUT2D eigenvalue weighted by atomic mass is 9.84. The van der Waals surface area contributed by atoms with Crippen molar-refractivity contribution in [1.82, 2.24) is 0 Å². The molecule has 0 aromatic rings. The van der Waals surface area contributed by atoms with Gasteiger partial charge in [-0.1, -0.05) is 52.7 Å². The average Bonchev–Trinajstić information content (AvgIpc) is 2.75. The van der Waals surface area contributed by atoms with Crippen LogP contribution in [0.25, 0.3) is 0 Å². The molecule has 8 nitrogen and oxygen atoms in total. The van der Waals surface area contributed by atoms with Crippen molar-refractivity contribution in [3.8, 4) is 0 Å². The van der Waals surface area contributed by atoms with Crippen LogP contribution in [0.2, 0.25) is 0 Å². The maximum absolute atomic E-state index is 12.0. The molecule has 0 aromatic carbocycles. The van der Waals surface area contributed by atoms with Crippen LogP contribution in [0, 0.1) is 35.5 Å². The summed E-state index contributed by atoms with van der Waals surface area (Å²) in [7, 11) is 0. The van der Waals surface area contributed by atoms with E-state index in [2.05, 4.69) is 34.6 Å². The summed E-state index contributed by atoms with van der Waals surface area (Å²) >= 11 is 0. The quantitative estimate of drug-likeness (QED) is 0.129. The Morgan fingerprint density at radius 3 is 1.70 bits per heavy atom. The van der Waals surface area contributed by atoms with Crippen LogP contribution in [0.5, 0.6) is 0 Å². The Morgan fingerprint density at radius 2 is 1.27 bits per heavy atom. The number of carboxylic acids is 2. The lowest BCUT2D eigenvalue weighted by molar-refractivity contribution is -0.155. The SMILES string of the molecule is CCC(C)CC(C)CC(C)CC(C)C=C(C)C=C(CC(C(=O)O)C(COC(C)=O)COC(C)=O)C(=O)O. The average molecular weight is 525 g/mol. The maximum atomic E-state index is 12.0. The highest BCUT2D eigenvalue weighted by Gasteiger charge is 2.32. The summed E-state index contributed by atoms with van der Waals surface area (Å²) in [6.45, 7) is 14.7. The molecule has 212 valence electrons. The van der Waals surface area contributed by atoms with E-state index in [4.69, 9.17) is 9.47 Å². The predicted molar refractivity (Wildman–Crippen MR) is 143 cm³/mol. The molecule has 0 fully saturated rings. The molecule has 0 spiro atoms. The molecule has 0 rings (SSSR count). The largest absolute Gasteiger partial charge is 0.481 e. The molecule has 37 heavy (non-hydrogen) atoms. The number of carbonyl (C=O) groups is 4. The maximum Gasteiger partial charge on any atom is 0.331 e. The first-order valence-corrected chi connectivity index (χ1v) is 13.3. The summed E-state index contributed by atoms with van der Waals surface area (Å²) in [4.78, 5) is 46.5. The zero-order chi connectivity index (χ0) is 28.7. The molecule has 0 aliphatic rings. The molecule has 8 heteroatoms. The lowest BCUT2D eigenvalue weighted by Gasteiger charge is -2.23. The van der Waals surface area contributed by atoms with E-state index in [9.17, 15) is 29.4 Å². The highest BCUT2D eigenvalue weighted by Crippen LogP contribution is 2.27. The van der Waals surface area contributed by atoms with Gasteiger partial charge in [0.05, 0.1) is 19.1 Å². The van der Waals surface area contributed by atoms with Gasteiger partial charge in [-0.05, 0) is 62.4 Å². The first-order valence-electron chi connectivity index (χ1n) is 13.3. The second-order valence-corrected chi connectivity index (χ2v) is 10.8. The van der Waals surface area contributed by atoms with E-state index in [0.717, 1.165) is 24.3 Å². The third kappa shape index (κ3) is 15.9. The number of allylic oxidation sites excluding steroid dienone is 3. The van der Waals surface area contributed by atoms with Crippen molar-refractivity contribution in [2.45, 2.75) is 87.5 Å². The van der Waals surface area contributed by atoms with Gasteiger partial charge in [0, 0.05) is 25.3 Å². The van der Waals surface area contributed by atoms with Crippen molar-refractivity contribution < 1.29 is 38.9 Å². The summed E-state index contributed by atoms with van der Waals surface area (Å²) in [5.41, 5.74) is 0.671. The van der Waals surface area contributed by atoms with Crippen LogP contribution >= 0.6 is 0 Å². The monoisotopic (exact) mass is 524 g/mol. The molecule has 0 aliphatic carbocycles. The second kappa shape index (κ2) is 17.8. The zero-order valence-electron chi connectivity index (χ0n) is 23.9. The normalized spacial score (nSPS) is 16.5. The molecule has 2 N–H and O–H groups in total. The van der Waals surface area contributed by atoms with Gasteiger partial charge in [0.15, 0.2) is 0 Å². The molecule has 5 atom stereocenters. The number of carbonyl (C=O) groups excluding carboxylic acids is 2. The minimum Gasteiger partial charge on any atom is -0.481 e. The predicted octanol–water partition coefficient (Wildman–Crippen LogP) is 5.90. The first-order chi connectivity index (χ1) is 17.2.